The van der Waals surface area contributed by atoms with Crippen molar-refractivity contribution >= 4 is 29.1 Å². The van der Waals surface area contributed by atoms with Crippen LogP contribution in [-0.2, 0) is 0 Å². The van der Waals surface area contributed by atoms with Gasteiger partial charge in [-0.3, -0.25) is 9.59 Å². The summed E-state index contributed by atoms with van der Waals surface area (Å²) in [4.78, 5) is 32.0. The van der Waals surface area contributed by atoms with Crippen LogP contribution in [0.25, 0.3) is 0 Å². The molecule has 0 fully saturated rings. The quantitative estimate of drug-likeness (QED) is 0.534. The number of hydrogen-bond donors (Lipinski definition) is 1. The lowest BCUT2D eigenvalue weighted by Gasteiger charge is -2.07. The van der Waals surface area contributed by atoms with Crippen molar-refractivity contribution in [3.63, 3.8) is 0 Å². The molecule has 1 aromatic heterocycles. The number of thioether (sulfide) groups is 1. The summed E-state index contributed by atoms with van der Waals surface area (Å²) >= 11 is 1.38. The maximum atomic E-state index is 12.2. The number of ketones is 1. The second kappa shape index (κ2) is 6.49. The Bertz CT molecular complexity index is 701. The number of aryl methyl sites for hydroxylation is 1. The lowest BCUT2D eigenvalue weighted by atomic mass is 10.1. The van der Waals surface area contributed by atoms with Gasteiger partial charge in [0.05, 0.1) is 0 Å². The SMILES string of the molecule is CSc1nc(C)cc(C(=O)Nc2cccc(C(C)=O)c2)n1. The molecule has 2 aromatic rings. The molecule has 6 heteroatoms. The Kier molecular flexibility index (Phi) is 4.70. The predicted octanol–water partition coefficient (Wildman–Crippen LogP) is 2.96. The van der Waals surface area contributed by atoms with Gasteiger partial charge in [0.1, 0.15) is 5.69 Å². The summed E-state index contributed by atoms with van der Waals surface area (Å²) in [7, 11) is 0. The summed E-state index contributed by atoms with van der Waals surface area (Å²) < 4.78 is 0. The van der Waals surface area contributed by atoms with Gasteiger partial charge >= 0.3 is 0 Å². The van der Waals surface area contributed by atoms with Crippen LogP contribution < -0.4 is 5.32 Å². The number of Topliss-reactive ketones (excluding diaryl/α,β-unsaturated/α-hetero) is 1. The Morgan fingerprint density at radius 2 is 1.95 bits per heavy atom. The second-order valence-corrected chi connectivity index (χ2v) is 5.25. The summed E-state index contributed by atoms with van der Waals surface area (Å²) in [6, 6.07) is 8.44. The first-order valence-corrected chi connectivity index (χ1v) is 7.54. The Morgan fingerprint density at radius 3 is 2.62 bits per heavy atom. The van der Waals surface area contributed by atoms with Crippen molar-refractivity contribution in [1.82, 2.24) is 9.97 Å². The maximum absolute atomic E-state index is 12.2. The van der Waals surface area contributed by atoms with E-state index in [2.05, 4.69) is 15.3 Å². The minimum absolute atomic E-state index is 0.0475. The number of aromatic nitrogens is 2. The monoisotopic (exact) mass is 301 g/mol. The van der Waals surface area contributed by atoms with Gasteiger partial charge in [0.25, 0.3) is 5.91 Å². The highest BCUT2D eigenvalue weighted by Gasteiger charge is 2.11. The van der Waals surface area contributed by atoms with Crippen molar-refractivity contribution < 1.29 is 9.59 Å². The summed E-state index contributed by atoms with van der Waals surface area (Å²) in [6.07, 6.45) is 1.85. The van der Waals surface area contributed by atoms with Crippen LogP contribution in [-0.4, -0.2) is 27.9 Å². The van der Waals surface area contributed by atoms with Crippen molar-refractivity contribution in [2.45, 2.75) is 19.0 Å². The molecule has 0 aliphatic heterocycles. The van der Waals surface area contributed by atoms with Crippen LogP contribution in [0.5, 0.6) is 0 Å². The fraction of sp³-hybridized carbons (Fsp3) is 0.200. The van der Waals surface area contributed by atoms with Crippen LogP contribution in [0.2, 0.25) is 0 Å². The van der Waals surface area contributed by atoms with Crippen LogP contribution in [0.15, 0.2) is 35.5 Å². The van der Waals surface area contributed by atoms with Crippen molar-refractivity contribution in [2.75, 3.05) is 11.6 Å². The van der Waals surface area contributed by atoms with Gasteiger partial charge in [0.2, 0.25) is 0 Å². The molecule has 0 radical (unpaired) electrons. The standard InChI is InChI=1S/C15H15N3O2S/c1-9-7-13(18-15(16-9)21-3)14(20)17-12-6-4-5-11(8-12)10(2)19/h4-8H,1-3H3,(H,17,20). The number of anilines is 1. The zero-order chi connectivity index (χ0) is 15.4. The fourth-order valence-corrected chi connectivity index (χ4v) is 2.18. The number of rotatable bonds is 4. The molecule has 1 amide bonds. The van der Waals surface area contributed by atoms with Gasteiger partial charge in [-0.25, -0.2) is 9.97 Å². The molecule has 1 N–H and O–H groups in total. The Balaban J connectivity index is 2.23. The predicted molar refractivity (Wildman–Crippen MR) is 82.9 cm³/mol. The molecule has 0 aliphatic rings. The van der Waals surface area contributed by atoms with Crippen molar-refractivity contribution in [3.8, 4) is 0 Å². The Morgan fingerprint density at radius 1 is 1.19 bits per heavy atom. The molecule has 0 atom stereocenters. The lowest BCUT2D eigenvalue weighted by Crippen LogP contribution is -2.15. The van der Waals surface area contributed by atoms with Gasteiger partial charge in [-0.1, -0.05) is 23.9 Å². The highest BCUT2D eigenvalue weighted by atomic mass is 32.2. The molecular formula is C15H15N3O2S. The van der Waals surface area contributed by atoms with Crippen molar-refractivity contribution in [3.05, 3.63) is 47.3 Å². The number of nitrogens with one attached hydrogen (secondary N) is 1. The van der Waals surface area contributed by atoms with E-state index in [1.807, 2.05) is 13.2 Å². The van der Waals surface area contributed by atoms with E-state index in [1.54, 1.807) is 30.3 Å². The Hall–Kier alpha value is -2.21. The van der Waals surface area contributed by atoms with Gasteiger partial charge < -0.3 is 5.32 Å². The summed E-state index contributed by atoms with van der Waals surface area (Å²) in [6.45, 7) is 3.30. The minimum Gasteiger partial charge on any atom is -0.321 e. The van der Waals surface area contributed by atoms with Gasteiger partial charge in [-0.05, 0) is 38.3 Å². The molecule has 108 valence electrons. The average molecular weight is 301 g/mol. The number of hydrogen-bond acceptors (Lipinski definition) is 5. The molecule has 0 bridgehead atoms. The van der Waals surface area contributed by atoms with Crippen LogP contribution in [0.1, 0.15) is 33.5 Å². The smallest absolute Gasteiger partial charge is 0.274 e. The molecule has 0 unspecified atom stereocenters. The third-order valence-corrected chi connectivity index (χ3v) is 3.32. The number of amides is 1. The van der Waals surface area contributed by atoms with Crippen LogP contribution in [0, 0.1) is 6.92 Å². The zero-order valence-corrected chi connectivity index (χ0v) is 12.8. The van der Waals surface area contributed by atoms with Gasteiger partial charge in [0.15, 0.2) is 10.9 Å². The molecule has 1 heterocycles. The molecular weight excluding hydrogens is 286 g/mol. The van der Waals surface area contributed by atoms with E-state index >= 15 is 0 Å². The number of benzene rings is 1. The number of nitrogens with zero attached hydrogens (tertiary/aromatic N) is 2. The molecule has 5 nitrogen and oxygen atoms in total. The fourth-order valence-electron chi connectivity index (χ4n) is 1.76. The van der Waals surface area contributed by atoms with E-state index in [-0.39, 0.29) is 11.7 Å². The summed E-state index contributed by atoms with van der Waals surface area (Å²) in [5.74, 6) is -0.370. The van der Waals surface area contributed by atoms with Crippen LogP contribution >= 0.6 is 11.8 Å². The molecule has 2 rings (SSSR count). The molecule has 1 aromatic carbocycles. The maximum Gasteiger partial charge on any atom is 0.274 e. The summed E-state index contributed by atoms with van der Waals surface area (Å²) in [5.41, 5.74) is 2.16. The highest BCUT2D eigenvalue weighted by Crippen LogP contribution is 2.14. The molecule has 0 saturated heterocycles. The molecule has 0 saturated carbocycles. The third kappa shape index (κ3) is 3.88. The zero-order valence-electron chi connectivity index (χ0n) is 12.0. The van der Waals surface area contributed by atoms with Gasteiger partial charge in [0, 0.05) is 16.9 Å². The van der Waals surface area contributed by atoms with Crippen LogP contribution in [0.4, 0.5) is 5.69 Å². The first kappa shape index (κ1) is 15.2. The number of carbonyl (C=O) groups excluding carboxylic acids is 2. The third-order valence-electron chi connectivity index (χ3n) is 2.78. The van der Waals surface area contributed by atoms with Gasteiger partial charge in [-0.15, -0.1) is 0 Å². The molecule has 21 heavy (non-hydrogen) atoms. The van der Waals surface area contributed by atoms with E-state index < -0.39 is 0 Å². The first-order valence-electron chi connectivity index (χ1n) is 6.31. The Labute approximate surface area is 127 Å². The highest BCUT2D eigenvalue weighted by molar-refractivity contribution is 7.98. The number of carbonyl (C=O) groups is 2. The summed E-state index contributed by atoms with van der Waals surface area (Å²) in [5, 5.41) is 3.29. The van der Waals surface area contributed by atoms with E-state index in [0.29, 0.717) is 22.1 Å². The molecule has 0 spiro atoms. The van der Waals surface area contributed by atoms with Gasteiger partial charge in [-0.2, -0.15) is 0 Å². The first-order chi connectivity index (χ1) is 9.99. The average Bonchev–Trinajstić information content (AvgIpc) is 2.46. The van der Waals surface area contributed by atoms with E-state index in [9.17, 15) is 9.59 Å². The second-order valence-electron chi connectivity index (χ2n) is 4.47. The minimum atomic E-state index is -0.323. The largest absolute Gasteiger partial charge is 0.321 e. The van der Waals surface area contributed by atoms with E-state index in [4.69, 9.17) is 0 Å². The van der Waals surface area contributed by atoms with Crippen molar-refractivity contribution in [1.29, 1.82) is 0 Å². The van der Waals surface area contributed by atoms with Crippen molar-refractivity contribution in [2.24, 2.45) is 0 Å². The van der Waals surface area contributed by atoms with E-state index in [1.165, 1.54) is 18.7 Å². The molecule has 0 aliphatic carbocycles. The lowest BCUT2D eigenvalue weighted by molar-refractivity contribution is 0.100. The normalized spacial score (nSPS) is 10.2. The van der Waals surface area contributed by atoms with Crippen LogP contribution in [0.3, 0.4) is 0 Å². The van der Waals surface area contributed by atoms with E-state index in [0.717, 1.165) is 5.69 Å². The topological polar surface area (TPSA) is 72.0 Å².